The summed E-state index contributed by atoms with van der Waals surface area (Å²) in [5.74, 6) is 1.78. The maximum atomic E-state index is 12.6. The summed E-state index contributed by atoms with van der Waals surface area (Å²) >= 11 is 0. The number of rotatable bonds is 4. The van der Waals surface area contributed by atoms with Gasteiger partial charge < -0.3 is 14.5 Å². The Hall–Kier alpha value is -2.63. The second kappa shape index (κ2) is 7.51. The number of ether oxygens (including phenoxy) is 1. The molecule has 2 heterocycles. The van der Waals surface area contributed by atoms with Gasteiger partial charge in [-0.15, -0.1) is 0 Å². The molecule has 0 saturated carbocycles. The zero-order valence-corrected chi connectivity index (χ0v) is 15.0. The Morgan fingerprint density at radius 3 is 2.48 bits per heavy atom. The monoisotopic (exact) mass is 340 g/mol. The molecule has 1 fully saturated rings. The van der Waals surface area contributed by atoms with E-state index < -0.39 is 0 Å². The van der Waals surface area contributed by atoms with E-state index in [4.69, 9.17) is 4.74 Å². The number of hydrogen-bond acceptors (Lipinski definition) is 5. The largest absolute Gasteiger partial charge is 0.497 e. The molecule has 1 aliphatic rings. The van der Waals surface area contributed by atoms with Crippen LogP contribution in [0, 0.1) is 6.92 Å². The average Bonchev–Trinajstić information content (AvgIpc) is 2.67. The molecular weight excluding hydrogens is 316 g/mol. The van der Waals surface area contributed by atoms with Gasteiger partial charge in [-0.05, 0) is 44.0 Å². The van der Waals surface area contributed by atoms with Crippen LogP contribution >= 0.6 is 0 Å². The molecule has 0 radical (unpaired) electrons. The van der Waals surface area contributed by atoms with Crippen LogP contribution in [0.1, 0.15) is 28.9 Å². The average molecular weight is 340 g/mol. The summed E-state index contributed by atoms with van der Waals surface area (Å²) < 4.78 is 5.14. The van der Waals surface area contributed by atoms with Gasteiger partial charge in [0, 0.05) is 43.5 Å². The molecule has 0 atom stereocenters. The molecule has 1 aromatic carbocycles. The van der Waals surface area contributed by atoms with Crippen molar-refractivity contribution in [2.45, 2.75) is 25.8 Å². The second-order valence-corrected chi connectivity index (χ2v) is 6.38. The minimum Gasteiger partial charge on any atom is -0.497 e. The van der Waals surface area contributed by atoms with E-state index in [0.717, 1.165) is 43.2 Å². The molecular formula is C19H24N4O2. The summed E-state index contributed by atoms with van der Waals surface area (Å²) in [4.78, 5) is 25.3. The lowest BCUT2D eigenvalue weighted by atomic mass is 10.0. The highest BCUT2D eigenvalue weighted by atomic mass is 16.5. The Morgan fingerprint density at radius 2 is 1.88 bits per heavy atom. The lowest BCUT2D eigenvalue weighted by molar-refractivity contribution is 0.0713. The van der Waals surface area contributed by atoms with Gasteiger partial charge in [-0.1, -0.05) is 0 Å². The van der Waals surface area contributed by atoms with Crippen molar-refractivity contribution in [3.05, 3.63) is 47.9 Å². The van der Waals surface area contributed by atoms with Crippen LogP contribution in [-0.2, 0) is 0 Å². The Bertz CT molecular complexity index is 724. The summed E-state index contributed by atoms with van der Waals surface area (Å²) in [5.41, 5.74) is 1.67. The number of anilines is 1. The molecule has 132 valence electrons. The Balaban J connectivity index is 1.60. The number of benzene rings is 1. The van der Waals surface area contributed by atoms with Crippen LogP contribution in [0.4, 0.5) is 5.82 Å². The minimum absolute atomic E-state index is 0.0848. The normalized spacial score (nSPS) is 15.1. The van der Waals surface area contributed by atoms with Gasteiger partial charge in [0.1, 0.15) is 17.9 Å². The first-order valence-electron chi connectivity index (χ1n) is 8.53. The third kappa shape index (κ3) is 3.90. The van der Waals surface area contributed by atoms with Crippen molar-refractivity contribution >= 4 is 11.7 Å². The highest BCUT2D eigenvalue weighted by molar-refractivity contribution is 5.94. The van der Waals surface area contributed by atoms with Crippen LogP contribution in [0.2, 0.25) is 0 Å². The number of hydrogen-bond donors (Lipinski definition) is 0. The third-order valence-corrected chi connectivity index (χ3v) is 4.79. The van der Waals surface area contributed by atoms with Gasteiger partial charge in [-0.2, -0.15) is 0 Å². The van der Waals surface area contributed by atoms with Gasteiger partial charge >= 0.3 is 0 Å². The summed E-state index contributed by atoms with van der Waals surface area (Å²) in [6.45, 7) is 3.48. The van der Waals surface area contributed by atoms with Crippen molar-refractivity contribution < 1.29 is 9.53 Å². The molecule has 0 unspecified atom stereocenters. The van der Waals surface area contributed by atoms with Crippen molar-refractivity contribution in [3.63, 3.8) is 0 Å². The summed E-state index contributed by atoms with van der Waals surface area (Å²) in [7, 11) is 3.69. The molecule has 25 heavy (non-hydrogen) atoms. The summed E-state index contributed by atoms with van der Waals surface area (Å²) in [6, 6.07) is 9.67. The number of carbonyl (C=O) groups is 1. The molecule has 1 saturated heterocycles. The van der Waals surface area contributed by atoms with Crippen LogP contribution in [0.15, 0.2) is 36.7 Å². The molecule has 0 aliphatic carbocycles. The lowest BCUT2D eigenvalue weighted by Gasteiger charge is -2.37. The zero-order valence-electron chi connectivity index (χ0n) is 15.0. The first-order valence-corrected chi connectivity index (χ1v) is 8.53. The predicted molar refractivity (Wildman–Crippen MR) is 97.1 cm³/mol. The van der Waals surface area contributed by atoms with E-state index in [-0.39, 0.29) is 5.91 Å². The summed E-state index contributed by atoms with van der Waals surface area (Å²) in [6.07, 6.45) is 3.46. The minimum atomic E-state index is 0.0848. The standard InChI is InChI=1S/C19H24N4O2/c1-14-12-18(21-13-20-14)22(2)16-8-10-23(11-9-16)19(24)15-4-6-17(25-3)7-5-15/h4-7,12-13,16H,8-11H2,1-3H3. The van der Waals surface area contributed by atoms with Gasteiger partial charge in [0.15, 0.2) is 0 Å². The number of aromatic nitrogens is 2. The quantitative estimate of drug-likeness (QED) is 0.856. The lowest BCUT2D eigenvalue weighted by Crippen LogP contribution is -2.45. The van der Waals surface area contributed by atoms with Crippen molar-refractivity contribution in [1.82, 2.24) is 14.9 Å². The third-order valence-electron chi connectivity index (χ3n) is 4.79. The molecule has 0 spiro atoms. The molecule has 2 aromatic rings. The van der Waals surface area contributed by atoms with Gasteiger partial charge in [0.05, 0.1) is 7.11 Å². The molecule has 6 nitrogen and oxygen atoms in total. The number of likely N-dealkylation sites (tertiary alicyclic amines) is 1. The maximum absolute atomic E-state index is 12.6. The number of piperidine rings is 1. The van der Waals surface area contributed by atoms with E-state index in [9.17, 15) is 4.79 Å². The SMILES string of the molecule is COc1ccc(C(=O)N2CCC(N(C)c3cc(C)ncn3)CC2)cc1. The molecule has 0 bridgehead atoms. The van der Waals surface area contributed by atoms with Crippen molar-refractivity contribution in [2.24, 2.45) is 0 Å². The Labute approximate surface area is 148 Å². The Kier molecular flexibility index (Phi) is 5.16. The first-order chi connectivity index (χ1) is 12.1. The van der Waals surface area contributed by atoms with Crippen LogP contribution in [0.3, 0.4) is 0 Å². The zero-order chi connectivity index (χ0) is 17.8. The van der Waals surface area contributed by atoms with E-state index in [2.05, 4.69) is 21.9 Å². The van der Waals surface area contributed by atoms with E-state index in [0.29, 0.717) is 11.6 Å². The number of amides is 1. The van der Waals surface area contributed by atoms with Crippen molar-refractivity contribution in [2.75, 3.05) is 32.1 Å². The van der Waals surface area contributed by atoms with Crippen LogP contribution in [0.25, 0.3) is 0 Å². The highest BCUT2D eigenvalue weighted by Crippen LogP contribution is 2.22. The predicted octanol–water partition coefficient (Wildman–Crippen LogP) is 2.53. The number of methoxy groups -OCH3 is 1. The highest BCUT2D eigenvalue weighted by Gasteiger charge is 2.26. The number of aryl methyl sites for hydroxylation is 1. The van der Waals surface area contributed by atoms with Crippen LogP contribution in [0.5, 0.6) is 5.75 Å². The molecule has 1 amide bonds. The van der Waals surface area contributed by atoms with Gasteiger partial charge in [-0.3, -0.25) is 4.79 Å². The fraction of sp³-hybridized carbons (Fsp3) is 0.421. The van der Waals surface area contributed by atoms with Crippen molar-refractivity contribution in [1.29, 1.82) is 0 Å². The van der Waals surface area contributed by atoms with E-state index in [1.54, 1.807) is 13.4 Å². The smallest absolute Gasteiger partial charge is 0.253 e. The number of nitrogens with zero attached hydrogens (tertiary/aromatic N) is 4. The van der Waals surface area contributed by atoms with Crippen molar-refractivity contribution in [3.8, 4) is 5.75 Å². The molecule has 0 N–H and O–H groups in total. The fourth-order valence-electron chi connectivity index (χ4n) is 3.19. The topological polar surface area (TPSA) is 58.6 Å². The van der Waals surface area contributed by atoms with Crippen LogP contribution < -0.4 is 9.64 Å². The maximum Gasteiger partial charge on any atom is 0.253 e. The number of carbonyl (C=O) groups excluding carboxylic acids is 1. The van der Waals surface area contributed by atoms with Gasteiger partial charge in [0.2, 0.25) is 0 Å². The van der Waals surface area contributed by atoms with Crippen LogP contribution in [-0.4, -0.2) is 54.1 Å². The molecule has 6 heteroatoms. The van der Waals surface area contributed by atoms with E-state index in [1.807, 2.05) is 42.2 Å². The molecule has 1 aliphatic heterocycles. The second-order valence-electron chi connectivity index (χ2n) is 6.38. The first kappa shape index (κ1) is 17.2. The van der Waals surface area contributed by atoms with E-state index in [1.165, 1.54) is 0 Å². The summed E-state index contributed by atoms with van der Waals surface area (Å²) in [5, 5.41) is 0. The van der Waals surface area contributed by atoms with Gasteiger partial charge in [0.25, 0.3) is 5.91 Å². The van der Waals surface area contributed by atoms with E-state index >= 15 is 0 Å². The fourth-order valence-corrected chi connectivity index (χ4v) is 3.19. The molecule has 1 aromatic heterocycles. The Morgan fingerprint density at radius 1 is 1.20 bits per heavy atom. The molecule has 3 rings (SSSR count). The van der Waals surface area contributed by atoms with Gasteiger partial charge in [-0.25, -0.2) is 9.97 Å².